The molecule has 1 aliphatic heterocycles. The van der Waals surface area contributed by atoms with Crippen molar-refractivity contribution in [3.05, 3.63) is 59.2 Å². The van der Waals surface area contributed by atoms with E-state index in [1.807, 2.05) is 29.3 Å². The molecule has 35 heavy (non-hydrogen) atoms. The lowest BCUT2D eigenvalue weighted by atomic mass is 10.1. The number of hydrogen-bond acceptors (Lipinski definition) is 4. The van der Waals surface area contributed by atoms with Crippen LogP contribution in [0.3, 0.4) is 0 Å². The molecule has 1 aliphatic rings. The molecular formula is C25H30ClF2N3O3S. The molecule has 0 amide bonds. The summed E-state index contributed by atoms with van der Waals surface area (Å²) in [6.07, 6.45) is 3.84. The van der Waals surface area contributed by atoms with Crippen molar-refractivity contribution >= 4 is 32.5 Å². The van der Waals surface area contributed by atoms with Crippen molar-refractivity contribution in [3.63, 3.8) is 0 Å². The maximum Gasteiger partial charge on any atom is 0.250 e. The van der Waals surface area contributed by atoms with E-state index >= 15 is 0 Å². The summed E-state index contributed by atoms with van der Waals surface area (Å²) >= 11 is 6.08. The molecule has 190 valence electrons. The molecule has 2 N–H and O–H groups in total. The summed E-state index contributed by atoms with van der Waals surface area (Å²) in [6, 6.07) is 12.0. The molecule has 6 nitrogen and oxygen atoms in total. The molecule has 2 heterocycles. The van der Waals surface area contributed by atoms with Gasteiger partial charge in [-0.2, -0.15) is 0 Å². The number of alkyl halides is 2. The van der Waals surface area contributed by atoms with Crippen LogP contribution in [0.25, 0.3) is 10.9 Å². The lowest BCUT2D eigenvalue weighted by Gasteiger charge is -2.31. The molecular weight excluding hydrogens is 496 g/mol. The molecule has 3 aromatic rings. The highest BCUT2D eigenvalue weighted by molar-refractivity contribution is 7.89. The van der Waals surface area contributed by atoms with E-state index in [9.17, 15) is 17.2 Å². The fraction of sp³-hybridized carbons (Fsp3) is 0.440. The van der Waals surface area contributed by atoms with Crippen molar-refractivity contribution in [2.75, 3.05) is 32.8 Å². The van der Waals surface area contributed by atoms with E-state index in [4.69, 9.17) is 16.3 Å². The van der Waals surface area contributed by atoms with Crippen molar-refractivity contribution in [2.45, 2.75) is 42.9 Å². The summed E-state index contributed by atoms with van der Waals surface area (Å²) in [4.78, 5) is 5.40. The predicted octanol–water partition coefficient (Wildman–Crippen LogP) is 5.23. The Labute approximate surface area is 209 Å². The number of halogens is 3. The molecule has 1 saturated heterocycles. The highest BCUT2D eigenvalue weighted by Gasteiger charge is 2.33. The lowest BCUT2D eigenvalue weighted by Crippen LogP contribution is -2.40. The minimum absolute atomic E-state index is 0.0876. The van der Waals surface area contributed by atoms with Gasteiger partial charge in [0.1, 0.15) is 5.75 Å². The maximum atomic E-state index is 13.2. The van der Waals surface area contributed by atoms with Gasteiger partial charge in [0.2, 0.25) is 10.0 Å². The number of nitrogens with zero attached hydrogens (tertiary/aromatic N) is 1. The summed E-state index contributed by atoms with van der Waals surface area (Å²) in [5.41, 5.74) is 2.10. The molecule has 0 radical (unpaired) electrons. The van der Waals surface area contributed by atoms with Crippen molar-refractivity contribution in [3.8, 4) is 5.75 Å². The number of fused-ring (bicyclic) bond motifs is 1. The highest BCUT2D eigenvalue weighted by Crippen LogP contribution is 2.27. The van der Waals surface area contributed by atoms with Gasteiger partial charge in [-0.3, -0.25) is 0 Å². The molecule has 0 saturated carbocycles. The molecule has 1 fully saturated rings. The average molecular weight is 526 g/mol. The second kappa shape index (κ2) is 11.2. The van der Waals surface area contributed by atoms with Crippen molar-refractivity contribution in [1.29, 1.82) is 0 Å². The molecule has 10 heteroatoms. The fourth-order valence-corrected chi connectivity index (χ4v) is 5.47. The first-order chi connectivity index (χ1) is 16.7. The summed E-state index contributed by atoms with van der Waals surface area (Å²) in [6.45, 7) is 2.27. The number of hydrogen-bond donors (Lipinski definition) is 2. The van der Waals surface area contributed by atoms with E-state index in [0.717, 1.165) is 29.3 Å². The van der Waals surface area contributed by atoms with Crippen LogP contribution in [0.4, 0.5) is 8.78 Å². The Bertz CT molecular complexity index is 1220. The van der Waals surface area contributed by atoms with Crippen LogP contribution in [0.2, 0.25) is 5.02 Å². The Hall–Kier alpha value is -2.20. The van der Waals surface area contributed by atoms with E-state index in [-0.39, 0.29) is 17.7 Å². The molecule has 4 rings (SSSR count). The van der Waals surface area contributed by atoms with E-state index in [0.29, 0.717) is 50.0 Å². The predicted molar refractivity (Wildman–Crippen MR) is 134 cm³/mol. The molecule has 2 aromatic carbocycles. The first kappa shape index (κ1) is 25.9. The zero-order valence-corrected chi connectivity index (χ0v) is 21.0. The van der Waals surface area contributed by atoms with Crippen LogP contribution in [0.15, 0.2) is 53.6 Å². The number of piperidine rings is 1. The molecule has 0 spiro atoms. The molecule has 0 unspecified atom stereocenters. The van der Waals surface area contributed by atoms with Crippen molar-refractivity contribution in [2.24, 2.45) is 0 Å². The standard InChI is InChI=1S/C25H30ClF2N3O3S/c26-20-4-9-24-23(17-20)19(18-29-24)3-1-12-30-35(32,33)22-7-5-21(6-8-22)34-16-2-13-31-14-10-25(27,28)11-15-31/h4-9,17-18,29-30H,1-3,10-16H2. The second-order valence-corrected chi connectivity index (χ2v) is 11.1. The number of aromatic amines is 1. The third-order valence-electron chi connectivity index (χ3n) is 6.25. The van der Waals surface area contributed by atoms with Crippen LogP contribution in [0.5, 0.6) is 5.75 Å². The van der Waals surface area contributed by atoms with E-state index < -0.39 is 15.9 Å². The van der Waals surface area contributed by atoms with Gasteiger partial charge in [-0.25, -0.2) is 21.9 Å². The fourth-order valence-electron chi connectivity index (χ4n) is 4.22. The van der Waals surface area contributed by atoms with Gasteiger partial charge in [-0.1, -0.05) is 11.6 Å². The Balaban J connectivity index is 1.18. The van der Waals surface area contributed by atoms with Gasteiger partial charge in [0.15, 0.2) is 0 Å². The van der Waals surface area contributed by atoms with Gasteiger partial charge in [-0.05, 0) is 67.3 Å². The van der Waals surface area contributed by atoms with Gasteiger partial charge >= 0.3 is 0 Å². The number of ether oxygens (including phenoxy) is 1. The largest absolute Gasteiger partial charge is 0.494 e. The third kappa shape index (κ3) is 7.16. The van der Waals surface area contributed by atoms with Crippen molar-refractivity contribution < 1.29 is 21.9 Å². The normalized spacial score (nSPS) is 16.5. The third-order valence-corrected chi connectivity index (χ3v) is 7.97. The minimum atomic E-state index is -3.62. The minimum Gasteiger partial charge on any atom is -0.494 e. The van der Waals surface area contributed by atoms with Crippen LogP contribution in [-0.4, -0.2) is 57.0 Å². The number of aryl methyl sites for hydroxylation is 1. The number of aromatic nitrogens is 1. The first-order valence-corrected chi connectivity index (χ1v) is 13.7. The van der Waals surface area contributed by atoms with E-state index in [2.05, 4.69) is 9.71 Å². The first-order valence-electron chi connectivity index (χ1n) is 11.8. The Morgan fingerprint density at radius 3 is 2.57 bits per heavy atom. The molecule has 0 atom stereocenters. The highest BCUT2D eigenvalue weighted by atomic mass is 35.5. The summed E-state index contributed by atoms with van der Waals surface area (Å²) in [7, 11) is -3.62. The maximum absolute atomic E-state index is 13.2. The quantitative estimate of drug-likeness (QED) is 0.336. The van der Waals surface area contributed by atoms with Gasteiger partial charge in [0.05, 0.1) is 11.5 Å². The van der Waals surface area contributed by atoms with Crippen LogP contribution < -0.4 is 9.46 Å². The van der Waals surface area contributed by atoms with Crippen LogP contribution in [0.1, 0.15) is 31.2 Å². The number of nitrogens with one attached hydrogen (secondary N) is 2. The number of rotatable bonds is 11. The summed E-state index contributed by atoms with van der Waals surface area (Å²) in [5, 5.41) is 1.72. The SMILES string of the molecule is O=S(=O)(NCCCc1c[nH]c2ccc(Cl)cc12)c1ccc(OCCCN2CCC(F)(F)CC2)cc1. The topological polar surface area (TPSA) is 74.4 Å². The van der Waals surface area contributed by atoms with Crippen LogP contribution in [-0.2, 0) is 16.4 Å². The monoisotopic (exact) mass is 525 g/mol. The number of likely N-dealkylation sites (tertiary alicyclic amines) is 1. The number of benzene rings is 2. The number of H-pyrrole nitrogens is 1. The Kier molecular flexibility index (Phi) is 8.31. The van der Waals surface area contributed by atoms with Gasteiger partial charge in [-0.15, -0.1) is 0 Å². The Morgan fingerprint density at radius 1 is 1.09 bits per heavy atom. The van der Waals surface area contributed by atoms with Gasteiger partial charge in [0, 0.05) is 61.1 Å². The zero-order valence-electron chi connectivity index (χ0n) is 19.4. The van der Waals surface area contributed by atoms with Gasteiger partial charge < -0.3 is 14.6 Å². The average Bonchev–Trinajstić information content (AvgIpc) is 3.23. The van der Waals surface area contributed by atoms with Crippen molar-refractivity contribution in [1.82, 2.24) is 14.6 Å². The van der Waals surface area contributed by atoms with E-state index in [1.165, 1.54) is 12.1 Å². The lowest BCUT2D eigenvalue weighted by molar-refractivity contribution is -0.0554. The van der Waals surface area contributed by atoms with Crippen LogP contribution >= 0.6 is 11.6 Å². The second-order valence-electron chi connectivity index (χ2n) is 8.88. The summed E-state index contributed by atoms with van der Waals surface area (Å²) < 4.78 is 60.0. The van der Waals surface area contributed by atoms with Crippen LogP contribution in [0, 0.1) is 0 Å². The smallest absolute Gasteiger partial charge is 0.250 e. The zero-order chi connectivity index (χ0) is 24.9. The van der Waals surface area contributed by atoms with E-state index in [1.54, 1.807) is 12.1 Å². The van der Waals surface area contributed by atoms with Gasteiger partial charge in [0.25, 0.3) is 5.92 Å². The molecule has 0 aliphatic carbocycles. The summed E-state index contributed by atoms with van der Waals surface area (Å²) in [5.74, 6) is -1.96. The number of sulfonamides is 1. The molecule has 1 aromatic heterocycles. The Morgan fingerprint density at radius 2 is 1.83 bits per heavy atom. The molecule has 0 bridgehead atoms.